The van der Waals surface area contributed by atoms with Crippen LogP contribution in [-0.2, 0) is 0 Å². The predicted octanol–water partition coefficient (Wildman–Crippen LogP) is 2.50. The molecule has 2 N–H and O–H groups in total. The van der Waals surface area contributed by atoms with Crippen molar-refractivity contribution in [3.8, 4) is 0 Å². The third kappa shape index (κ3) is 1.94. The Morgan fingerprint density at radius 1 is 1.20 bits per heavy atom. The standard InChI is InChI=1S/C11H10F2N2/c12-11(13)10(14)8-5-7-3-1-2-4-9(7)15-6-8/h1-6,10-11H,14H2. The molecule has 0 radical (unpaired) electrons. The lowest BCUT2D eigenvalue weighted by molar-refractivity contribution is 0.116. The number of aromatic nitrogens is 1. The maximum atomic E-state index is 12.4. The minimum absolute atomic E-state index is 0.365. The van der Waals surface area contributed by atoms with Crippen molar-refractivity contribution in [1.29, 1.82) is 0 Å². The molecule has 78 valence electrons. The highest BCUT2D eigenvalue weighted by molar-refractivity contribution is 5.78. The smallest absolute Gasteiger partial charge is 0.257 e. The number of nitrogens with zero attached hydrogens (tertiary/aromatic N) is 1. The van der Waals surface area contributed by atoms with Crippen LogP contribution in [0.4, 0.5) is 8.78 Å². The van der Waals surface area contributed by atoms with Gasteiger partial charge in [0.2, 0.25) is 0 Å². The summed E-state index contributed by atoms with van der Waals surface area (Å²) in [5.74, 6) is 0. The molecule has 0 amide bonds. The van der Waals surface area contributed by atoms with Gasteiger partial charge in [0.05, 0.1) is 11.6 Å². The fourth-order valence-corrected chi connectivity index (χ4v) is 1.42. The van der Waals surface area contributed by atoms with Crippen molar-refractivity contribution in [2.75, 3.05) is 0 Å². The van der Waals surface area contributed by atoms with Gasteiger partial charge in [-0.25, -0.2) is 8.78 Å². The number of benzene rings is 1. The lowest BCUT2D eigenvalue weighted by Crippen LogP contribution is -2.18. The van der Waals surface area contributed by atoms with Crippen molar-refractivity contribution in [2.45, 2.75) is 12.5 Å². The maximum Gasteiger partial charge on any atom is 0.257 e. The van der Waals surface area contributed by atoms with E-state index in [-0.39, 0.29) is 0 Å². The van der Waals surface area contributed by atoms with Gasteiger partial charge in [0.1, 0.15) is 0 Å². The number of nitrogens with two attached hydrogens (primary N) is 1. The minimum Gasteiger partial charge on any atom is -0.319 e. The lowest BCUT2D eigenvalue weighted by atomic mass is 10.1. The molecule has 0 aliphatic carbocycles. The third-order valence-electron chi connectivity index (χ3n) is 2.27. The van der Waals surface area contributed by atoms with Crippen molar-refractivity contribution in [2.24, 2.45) is 5.73 Å². The molecule has 2 rings (SSSR count). The summed E-state index contributed by atoms with van der Waals surface area (Å²) in [4.78, 5) is 4.07. The summed E-state index contributed by atoms with van der Waals surface area (Å²) in [7, 11) is 0. The largest absolute Gasteiger partial charge is 0.319 e. The molecule has 1 unspecified atom stereocenters. The molecule has 0 bridgehead atoms. The van der Waals surface area contributed by atoms with E-state index < -0.39 is 12.5 Å². The molecule has 1 heterocycles. The normalized spacial score (nSPS) is 13.3. The van der Waals surface area contributed by atoms with E-state index in [2.05, 4.69) is 4.98 Å². The van der Waals surface area contributed by atoms with Crippen LogP contribution in [0, 0.1) is 0 Å². The van der Waals surface area contributed by atoms with E-state index in [1.807, 2.05) is 24.3 Å². The molecule has 2 nitrogen and oxygen atoms in total. The van der Waals surface area contributed by atoms with Gasteiger partial charge in [-0.2, -0.15) is 0 Å². The maximum absolute atomic E-state index is 12.4. The first-order chi connectivity index (χ1) is 7.18. The SMILES string of the molecule is NC(c1cnc2ccccc2c1)C(F)F. The van der Waals surface area contributed by atoms with Crippen LogP contribution < -0.4 is 5.73 Å². The summed E-state index contributed by atoms with van der Waals surface area (Å²) >= 11 is 0. The summed E-state index contributed by atoms with van der Waals surface area (Å²) in [6, 6.07) is 7.72. The van der Waals surface area contributed by atoms with E-state index in [1.165, 1.54) is 6.20 Å². The zero-order valence-corrected chi connectivity index (χ0v) is 7.90. The fourth-order valence-electron chi connectivity index (χ4n) is 1.42. The van der Waals surface area contributed by atoms with Crippen molar-refractivity contribution < 1.29 is 8.78 Å². The predicted molar refractivity (Wildman–Crippen MR) is 54.7 cm³/mol. The van der Waals surface area contributed by atoms with Crippen LogP contribution in [0.3, 0.4) is 0 Å². The second kappa shape index (κ2) is 3.90. The van der Waals surface area contributed by atoms with Gasteiger partial charge >= 0.3 is 0 Å². The average Bonchev–Trinajstić information content (AvgIpc) is 2.27. The fraction of sp³-hybridized carbons (Fsp3) is 0.182. The molecule has 0 fully saturated rings. The third-order valence-corrected chi connectivity index (χ3v) is 2.27. The van der Waals surface area contributed by atoms with Gasteiger partial charge in [0.25, 0.3) is 6.43 Å². The number of hydrogen-bond acceptors (Lipinski definition) is 2. The van der Waals surface area contributed by atoms with Crippen LogP contribution >= 0.6 is 0 Å². The average molecular weight is 208 g/mol. The number of rotatable bonds is 2. The van der Waals surface area contributed by atoms with E-state index >= 15 is 0 Å². The summed E-state index contributed by atoms with van der Waals surface area (Å²) in [5.41, 5.74) is 6.48. The molecule has 2 aromatic rings. The molecular weight excluding hydrogens is 198 g/mol. The molecule has 0 aliphatic heterocycles. The van der Waals surface area contributed by atoms with Crippen molar-refractivity contribution in [3.63, 3.8) is 0 Å². The van der Waals surface area contributed by atoms with Crippen molar-refractivity contribution in [3.05, 3.63) is 42.1 Å². The number of fused-ring (bicyclic) bond motifs is 1. The number of pyridine rings is 1. The summed E-state index contributed by atoms with van der Waals surface area (Å²) < 4.78 is 24.7. The Morgan fingerprint density at radius 3 is 2.67 bits per heavy atom. The Kier molecular flexibility index (Phi) is 2.60. The van der Waals surface area contributed by atoms with E-state index in [4.69, 9.17) is 5.73 Å². The molecule has 1 aromatic heterocycles. The second-order valence-electron chi connectivity index (χ2n) is 3.32. The minimum atomic E-state index is -2.56. The van der Waals surface area contributed by atoms with Crippen molar-refractivity contribution >= 4 is 10.9 Å². The van der Waals surface area contributed by atoms with Crippen molar-refractivity contribution in [1.82, 2.24) is 4.98 Å². The number of para-hydroxylation sites is 1. The summed E-state index contributed by atoms with van der Waals surface area (Å²) in [6.45, 7) is 0. The van der Waals surface area contributed by atoms with Crippen LogP contribution in [0.5, 0.6) is 0 Å². The Bertz CT molecular complexity index is 471. The lowest BCUT2D eigenvalue weighted by Gasteiger charge is -2.10. The van der Waals surface area contributed by atoms with Gasteiger partial charge in [0, 0.05) is 11.6 Å². The molecule has 0 aliphatic rings. The Hall–Kier alpha value is -1.55. The Balaban J connectivity index is 2.47. The molecule has 15 heavy (non-hydrogen) atoms. The van der Waals surface area contributed by atoms with Crippen LogP contribution in [-0.4, -0.2) is 11.4 Å². The van der Waals surface area contributed by atoms with Gasteiger partial charge < -0.3 is 5.73 Å². The Labute approximate surface area is 85.7 Å². The highest BCUT2D eigenvalue weighted by Gasteiger charge is 2.17. The number of alkyl halides is 2. The molecule has 1 aromatic carbocycles. The zero-order valence-electron chi connectivity index (χ0n) is 7.90. The highest BCUT2D eigenvalue weighted by atomic mass is 19.3. The zero-order chi connectivity index (χ0) is 10.8. The van der Waals surface area contributed by atoms with Crippen LogP contribution in [0.25, 0.3) is 10.9 Å². The van der Waals surface area contributed by atoms with Crippen LogP contribution in [0.2, 0.25) is 0 Å². The van der Waals surface area contributed by atoms with Gasteiger partial charge in [0.15, 0.2) is 0 Å². The van der Waals surface area contributed by atoms with Crippen LogP contribution in [0.1, 0.15) is 11.6 Å². The van der Waals surface area contributed by atoms with Crippen LogP contribution in [0.15, 0.2) is 36.5 Å². The molecule has 0 saturated carbocycles. The highest BCUT2D eigenvalue weighted by Crippen LogP contribution is 2.20. The van der Waals surface area contributed by atoms with Gasteiger partial charge in [-0.05, 0) is 17.7 Å². The van der Waals surface area contributed by atoms with E-state index in [9.17, 15) is 8.78 Å². The first-order valence-electron chi connectivity index (χ1n) is 4.57. The number of hydrogen-bond donors (Lipinski definition) is 1. The molecule has 4 heteroatoms. The first-order valence-corrected chi connectivity index (χ1v) is 4.57. The quantitative estimate of drug-likeness (QED) is 0.823. The second-order valence-corrected chi connectivity index (χ2v) is 3.32. The monoisotopic (exact) mass is 208 g/mol. The molecular formula is C11H10F2N2. The van der Waals surface area contributed by atoms with E-state index in [0.29, 0.717) is 5.56 Å². The topological polar surface area (TPSA) is 38.9 Å². The van der Waals surface area contributed by atoms with E-state index in [0.717, 1.165) is 10.9 Å². The molecule has 1 atom stereocenters. The molecule has 0 spiro atoms. The molecule has 0 saturated heterocycles. The first kappa shape index (κ1) is 9.98. The van der Waals surface area contributed by atoms with Gasteiger partial charge in [-0.15, -0.1) is 0 Å². The Morgan fingerprint density at radius 2 is 1.93 bits per heavy atom. The van der Waals surface area contributed by atoms with Gasteiger partial charge in [-0.1, -0.05) is 18.2 Å². The summed E-state index contributed by atoms with van der Waals surface area (Å²) in [6.07, 6.45) is -1.16. The van der Waals surface area contributed by atoms with E-state index in [1.54, 1.807) is 6.07 Å². The van der Waals surface area contributed by atoms with Gasteiger partial charge in [-0.3, -0.25) is 4.98 Å². The summed E-state index contributed by atoms with van der Waals surface area (Å²) in [5, 5.41) is 0.825. The number of halogens is 2.